The summed E-state index contributed by atoms with van der Waals surface area (Å²) in [7, 11) is 0. The van der Waals surface area contributed by atoms with Crippen molar-refractivity contribution in [2.75, 3.05) is 18.5 Å². The summed E-state index contributed by atoms with van der Waals surface area (Å²) in [6.45, 7) is 10.1. The van der Waals surface area contributed by atoms with E-state index >= 15 is 0 Å². The Kier molecular flexibility index (Phi) is 3.33. The number of hydrogen-bond acceptors (Lipinski definition) is 4. The predicted octanol–water partition coefficient (Wildman–Crippen LogP) is 2.39. The molecule has 0 amide bonds. The molecule has 2 heterocycles. The van der Waals surface area contributed by atoms with Crippen molar-refractivity contribution in [3.05, 3.63) is 17.6 Å². The Hall–Kier alpha value is -1.16. The van der Waals surface area contributed by atoms with Crippen molar-refractivity contribution >= 4 is 5.82 Å². The van der Waals surface area contributed by atoms with Gasteiger partial charge in [0.1, 0.15) is 11.6 Å². The van der Waals surface area contributed by atoms with E-state index in [-0.39, 0.29) is 6.84 Å². The fourth-order valence-electron chi connectivity index (χ4n) is 1.64. The van der Waals surface area contributed by atoms with Gasteiger partial charge in [0, 0.05) is 19.3 Å². The first-order chi connectivity index (χ1) is 7.99. The lowest BCUT2D eigenvalue weighted by Crippen LogP contribution is -2.40. The molecule has 4 heteroatoms. The summed E-state index contributed by atoms with van der Waals surface area (Å²) in [5, 5.41) is 3.39. The van der Waals surface area contributed by atoms with Crippen molar-refractivity contribution in [3.8, 4) is 0 Å². The lowest BCUT2D eigenvalue weighted by Gasteiger charge is -2.28. The van der Waals surface area contributed by atoms with Gasteiger partial charge in [-0.3, -0.25) is 0 Å². The maximum absolute atomic E-state index is 5.16. The molecule has 0 aliphatic carbocycles. The van der Waals surface area contributed by atoms with Gasteiger partial charge in [0.25, 0.3) is 0 Å². The Balaban J connectivity index is 0.00000162. The monoisotopic (exact) mass is 237 g/mol. The Morgan fingerprint density at radius 1 is 1.41 bits per heavy atom. The van der Waals surface area contributed by atoms with Crippen LogP contribution < -0.4 is 5.32 Å². The summed E-state index contributed by atoms with van der Waals surface area (Å²) < 4.78 is 5.16. The molecule has 0 aromatic carbocycles. The van der Waals surface area contributed by atoms with Crippen molar-refractivity contribution in [1.29, 1.82) is 0 Å². The van der Waals surface area contributed by atoms with Crippen molar-refractivity contribution in [2.24, 2.45) is 0 Å². The number of aryl methyl sites for hydroxylation is 1. The van der Waals surface area contributed by atoms with Gasteiger partial charge in [0.05, 0.1) is 24.9 Å². The second-order valence-electron chi connectivity index (χ2n) is 5.54. The SMILES string of the molecule is CCc1nc(NC2COC2)cc(C(C)(C)C)n1.[HH]. The van der Waals surface area contributed by atoms with E-state index in [2.05, 4.69) is 49.0 Å². The van der Waals surface area contributed by atoms with Crippen molar-refractivity contribution < 1.29 is 6.16 Å². The van der Waals surface area contributed by atoms with Gasteiger partial charge in [-0.25, -0.2) is 9.97 Å². The van der Waals surface area contributed by atoms with E-state index in [0.29, 0.717) is 6.04 Å². The van der Waals surface area contributed by atoms with Gasteiger partial charge < -0.3 is 10.1 Å². The number of anilines is 1. The quantitative estimate of drug-likeness (QED) is 0.877. The van der Waals surface area contributed by atoms with Crippen LogP contribution in [0.5, 0.6) is 0 Å². The Bertz CT molecular complexity index is 400. The predicted molar refractivity (Wildman–Crippen MR) is 70.5 cm³/mol. The highest BCUT2D eigenvalue weighted by molar-refractivity contribution is 5.39. The third-order valence-electron chi connectivity index (χ3n) is 2.85. The van der Waals surface area contributed by atoms with Crippen LogP contribution in [0.2, 0.25) is 0 Å². The Morgan fingerprint density at radius 2 is 2.12 bits per heavy atom. The summed E-state index contributed by atoms with van der Waals surface area (Å²) in [5.41, 5.74) is 1.14. The molecule has 4 nitrogen and oxygen atoms in total. The van der Waals surface area contributed by atoms with Gasteiger partial charge in [-0.1, -0.05) is 27.7 Å². The first kappa shape index (κ1) is 12.3. The number of ether oxygens (including phenoxy) is 1. The minimum absolute atomic E-state index is 0. The second-order valence-corrected chi connectivity index (χ2v) is 5.54. The van der Waals surface area contributed by atoms with Gasteiger partial charge in [0.2, 0.25) is 0 Å². The highest BCUT2D eigenvalue weighted by Crippen LogP contribution is 2.23. The first-order valence-corrected chi connectivity index (χ1v) is 6.21. The van der Waals surface area contributed by atoms with Crippen LogP contribution in [-0.2, 0) is 16.6 Å². The van der Waals surface area contributed by atoms with E-state index in [1.165, 1.54) is 0 Å². The molecule has 1 aromatic heterocycles. The van der Waals surface area contributed by atoms with Crippen LogP contribution in [0.4, 0.5) is 5.82 Å². The number of nitrogens with one attached hydrogen (secondary N) is 1. The molecule has 1 aliphatic heterocycles. The molecular weight excluding hydrogens is 214 g/mol. The molecule has 0 bridgehead atoms. The molecule has 96 valence electrons. The third-order valence-corrected chi connectivity index (χ3v) is 2.85. The number of hydrogen-bond donors (Lipinski definition) is 1. The first-order valence-electron chi connectivity index (χ1n) is 6.21. The van der Waals surface area contributed by atoms with Gasteiger partial charge in [0.15, 0.2) is 0 Å². The minimum Gasteiger partial charge on any atom is -0.377 e. The molecule has 1 aliphatic rings. The number of rotatable bonds is 3. The molecule has 17 heavy (non-hydrogen) atoms. The lowest BCUT2D eigenvalue weighted by atomic mass is 9.92. The summed E-state index contributed by atoms with van der Waals surface area (Å²) in [4.78, 5) is 9.10. The Morgan fingerprint density at radius 3 is 2.59 bits per heavy atom. The largest absolute Gasteiger partial charge is 0.377 e. The second kappa shape index (κ2) is 4.61. The summed E-state index contributed by atoms with van der Waals surface area (Å²) in [5.74, 6) is 1.83. The number of aromatic nitrogens is 2. The van der Waals surface area contributed by atoms with Gasteiger partial charge in [-0.05, 0) is 0 Å². The molecule has 1 aromatic rings. The van der Waals surface area contributed by atoms with E-state index < -0.39 is 0 Å². The van der Waals surface area contributed by atoms with E-state index in [9.17, 15) is 0 Å². The molecule has 0 atom stereocenters. The average molecular weight is 237 g/mol. The molecule has 0 radical (unpaired) electrons. The maximum Gasteiger partial charge on any atom is 0.130 e. The van der Waals surface area contributed by atoms with E-state index in [0.717, 1.165) is 37.0 Å². The zero-order valence-corrected chi connectivity index (χ0v) is 11.1. The normalized spacial score (nSPS) is 16.7. The van der Waals surface area contributed by atoms with Crippen LogP contribution in [0.15, 0.2) is 6.07 Å². The molecule has 1 saturated heterocycles. The standard InChI is InChI=1S/C13H21N3O.H2/c1-5-11-15-10(13(2,3)4)6-12(16-11)14-9-7-17-8-9;/h6,9H,5,7-8H2,1-4H3,(H,14,15,16);1H. The van der Waals surface area contributed by atoms with Gasteiger partial charge in [-0.2, -0.15) is 0 Å². The maximum atomic E-state index is 5.16. The van der Waals surface area contributed by atoms with Crippen LogP contribution in [0.3, 0.4) is 0 Å². The zero-order valence-electron chi connectivity index (χ0n) is 11.1. The lowest BCUT2D eigenvalue weighted by molar-refractivity contribution is 0.0209. The van der Waals surface area contributed by atoms with Crippen LogP contribution >= 0.6 is 0 Å². The molecule has 2 rings (SSSR count). The van der Waals surface area contributed by atoms with Crippen LogP contribution in [0.25, 0.3) is 0 Å². The highest BCUT2D eigenvalue weighted by Gasteiger charge is 2.21. The smallest absolute Gasteiger partial charge is 0.130 e. The van der Waals surface area contributed by atoms with Crippen LogP contribution in [0, 0.1) is 0 Å². The van der Waals surface area contributed by atoms with Crippen molar-refractivity contribution in [1.82, 2.24) is 9.97 Å². The fourth-order valence-corrected chi connectivity index (χ4v) is 1.64. The fraction of sp³-hybridized carbons (Fsp3) is 0.692. The number of nitrogens with zero attached hydrogens (tertiary/aromatic N) is 2. The van der Waals surface area contributed by atoms with Gasteiger partial charge in [-0.15, -0.1) is 0 Å². The van der Waals surface area contributed by atoms with E-state index in [1.807, 2.05) is 0 Å². The molecule has 0 saturated carbocycles. The third kappa shape index (κ3) is 2.94. The van der Waals surface area contributed by atoms with Gasteiger partial charge >= 0.3 is 0 Å². The molecule has 1 N–H and O–H groups in total. The Labute approximate surface area is 104 Å². The average Bonchev–Trinajstić information content (AvgIpc) is 2.22. The molecule has 0 unspecified atom stereocenters. The van der Waals surface area contributed by atoms with Crippen molar-refractivity contribution in [3.63, 3.8) is 0 Å². The summed E-state index contributed by atoms with van der Waals surface area (Å²) in [6.07, 6.45) is 0.861. The van der Waals surface area contributed by atoms with E-state index in [1.54, 1.807) is 0 Å². The minimum atomic E-state index is 0. The highest BCUT2D eigenvalue weighted by atomic mass is 16.5. The van der Waals surface area contributed by atoms with Crippen molar-refractivity contribution in [2.45, 2.75) is 45.6 Å². The molecule has 1 fully saturated rings. The summed E-state index contributed by atoms with van der Waals surface area (Å²) >= 11 is 0. The van der Waals surface area contributed by atoms with Crippen LogP contribution in [-0.4, -0.2) is 29.2 Å². The summed E-state index contributed by atoms with van der Waals surface area (Å²) in [6, 6.07) is 2.46. The topological polar surface area (TPSA) is 47.0 Å². The van der Waals surface area contributed by atoms with Crippen LogP contribution in [0.1, 0.15) is 40.6 Å². The van der Waals surface area contributed by atoms with E-state index in [4.69, 9.17) is 4.74 Å². The molecular formula is C13H23N3O. The molecule has 0 spiro atoms. The zero-order chi connectivity index (χ0) is 12.5.